The third-order valence-electron chi connectivity index (χ3n) is 13.6. The normalized spacial score (nSPS) is 13.0. The molecule has 0 aliphatic rings. The molecule has 0 saturated heterocycles. The number of carbonyl (C=O) groups is 3. The Morgan fingerprint density at radius 1 is 0.417 bits per heavy atom. The lowest BCUT2D eigenvalue weighted by molar-refractivity contribution is -0.870. The summed E-state index contributed by atoms with van der Waals surface area (Å²) in [5.41, 5.74) is 0. The van der Waals surface area contributed by atoms with Crippen molar-refractivity contribution in [2.75, 3.05) is 47.5 Å². The van der Waals surface area contributed by atoms with Crippen molar-refractivity contribution in [2.45, 2.75) is 302 Å². The lowest BCUT2D eigenvalue weighted by Gasteiger charge is -2.26. The highest BCUT2D eigenvalue weighted by Crippen LogP contribution is 2.17. The molecule has 0 aromatic carbocycles. The van der Waals surface area contributed by atoms with Crippen LogP contribution in [0.1, 0.15) is 290 Å². The Balaban J connectivity index is 4.19. The molecule has 0 fully saturated rings. The number of quaternary nitrogens is 1. The molecule has 0 saturated carbocycles. The first-order valence-corrected chi connectivity index (χ1v) is 30.6. The molecule has 0 aromatic rings. The molecule has 0 aromatic heterocycles. The van der Waals surface area contributed by atoms with Crippen molar-refractivity contribution in [3.8, 4) is 0 Å². The second-order valence-electron chi connectivity index (χ2n) is 22.0. The van der Waals surface area contributed by atoms with E-state index in [0.717, 1.165) is 70.6 Å². The van der Waals surface area contributed by atoms with Gasteiger partial charge in [-0.1, -0.05) is 262 Å². The molecule has 0 heterocycles. The van der Waals surface area contributed by atoms with Crippen LogP contribution in [0.2, 0.25) is 0 Å². The number of rotatable bonds is 57. The number of allylic oxidation sites excluding steroid dienone is 6. The van der Waals surface area contributed by atoms with Gasteiger partial charge in [0.25, 0.3) is 0 Å². The standard InChI is InChI=1S/C63H117NO8/c1-6-8-10-12-14-16-18-20-22-24-26-28-29-30-31-32-34-35-37-39-41-43-45-47-49-51-53-60(65)70-57-59(58-71-63(62(67)68)69-56-55-64(3,4)5)72-61(66)54-52-50-48-46-44-42-40-38-36-33-27-25-23-21-19-17-15-13-11-9-7-2/h19,21,25,27,36,38,59,63H,6-18,20,22-24,26,28-35,37,39-58H2,1-5H3/b21-19-,27-25-,38-36-. The van der Waals surface area contributed by atoms with Crippen molar-refractivity contribution in [3.63, 3.8) is 0 Å². The summed E-state index contributed by atoms with van der Waals surface area (Å²) in [5, 5.41) is 11.8. The van der Waals surface area contributed by atoms with Crippen LogP contribution in [-0.4, -0.2) is 82.3 Å². The van der Waals surface area contributed by atoms with Crippen molar-refractivity contribution in [1.29, 1.82) is 0 Å². The lowest BCUT2D eigenvalue weighted by atomic mass is 10.0. The summed E-state index contributed by atoms with van der Waals surface area (Å²) in [6.07, 6.45) is 63.4. The molecule has 0 rings (SSSR count). The van der Waals surface area contributed by atoms with Gasteiger partial charge in [0.1, 0.15) is 13.2 Å². The molecule has 72 heavy (non-hydrogen) atoms. The van der Waals surface area contributed by atoms with Crippen molar-refractivity contribution in [2.24, 2.45) is 0 Å². The predicted octanol–water partition coefficient (Wildman–Crippen LogP) is 16.7. The monoisotopic (exact) mass is 1020 g/mol. The van der Waals surface area contributed by atoms with Crippen molar-refractivity contribution < 1.29 is 42.9 Å². The van der Waals surface area contributed by atoms with Crippen LogP contribution in [0.3, 0.4) is 0 Å². The van der Waals surface area contributed by atoms with Crippen LogP contribution in [0.15, 0.2) is 36.5 Å². The predicted molar refractivity (Wildman–Crippen MR) is 302 cm³/mol. The Hall–Kier alpha value is -2.49. The number of hydrogen-bond donors (Lipinski definition) is 0. The van der Waals surface area contributed by atoms with Crippen molar-refractivity contribution >= 4 is 17.9 Å². The number of likely N-dealkylation sites (N-methyl/N-ethyl adjacent to an activating group) is 1. The van der Waals surface area contributed by atoms with Crippen molar-refractivity contribution in [1.82, 2.24) is 0 Å². The molecule has 422 valence electrons. The third-order valence-corrected chi connectivity index (χ3v) is 13.6. The maximum atomic E-state index is 12.9. The number of unbranched alkanes of at least 4 members (excludes halogenated alkanes) is 36. The maximum absolute atomic E-state index is 12.9. The van der Waals surface area contributed by atoms with Crippen LogP contribution in [0.25, 0.3) is 0 Å². The van der Waals surface area contributed by atoms with Crippen LogP contribution in [0.4, 0.5) is 0 Å². The minimum absolute atomic E-state index is 0.146. The first-order valence-electron chi connectivity index (χ1n) is 30.6. The average molecular weight is 1020 g/mol. The first kappa shape index (κ1) is 69.5. The molecule has 9 nitrogen and oxygen atoms in total. The van der Waals surface area contributed by atoms with Gasteiger partial charge in [-0.15, -0.1) is 0 Å². The van der Waals surface area contributed by atoms with Gasteiger partial charge in [0.05, 0.1) is 40.3 Å². The van der Waals surface area contributed by atoms with E-state index in [9.17, 15) is 19.5 Å². The Kier molecular flexibility index (Phi) is 52.9. The summed E-state index contributed by atoms with van der Waals surface area (Å²) in [6.45, 7) is 4.77. The SMILES string of the molecule is CCCCCCC/C=C\C/C=C\C/C=C\CCCCCCCCC(=O)OC(COC(=O)CCCCCCCCCCCCCCCCCCCCCCCCCCCC)COC(OCC[N+](C)(C)C)C(=O)[O-]. The summed E-state index contributed by atoms with van der Waals surface area (Å²) < 4.78 is 22.7. The number of carboxylic acids is 1. The second kappa shape index (κ2) is 54.8. The van der Waals surface area contributed by atoms with E-state index in [0.29, 0.717) is 23.9 Å². The van der Waals surface area contributed by atoms with E-state index >= 15 is 0 Å². The smallest absolute Gasteiger partial charge is 0.306 e. The molecular weight excluding hydrogens is 899 g/mol. The van der Waals surface area contributed by atoms with E-state index in [1.165, 1.54) is 186 Å². The molecule has 0 radical (unpaired) electrons. The first-order chi connectivity index (χ1) is 35.1. The van der Waals surface area contributed by atoms with Crippen LogP contribution in [0.5, 0.6) is 0 Å². The number of aliphatic carboxylic acids is 1. The quantitative estimate of drug-likeness (QED) is 0.0195. The van der Waals surface area contributed by atoms with Crippen LogP contribution in [-0.2, 0) is 33.3 Å². The van der Waals surface area contributed by atoms with Crippen LogP contribution >= 0.6 is 0 Å². The van der Waals surface area contributed by atoms with E-state index in [1.807, 2.05) is 21.1 Å². The molecule has 0 amide bonds. The summed E-state index contributed by atoms with van der Waals surface area (Å²) in [4.78, 5) is 37.3. The number of nitrogens with zero attached hydrogens (tertiary/aromatic N) is 1. The van der Waals surface area contributed by atoms with Gasteiger partial charge in [0.2, 0.25) is 0 Å². The topological polar surface area (TPSA) is 111 Å². The summed E-state index contributed by atoms with van der Waals surface area (Å²) in [5.74, 6) is -2.28. The summed E-state index contributed by atoms with van der Waals surface area (Å²) in [6, 6.07) is 0. The Labute approximate surface area is 445 Å². The number of esters is 2. The zero-order valence-corrected chi connectivity index (χ0v) is 48.1. The van der Waals surface area contributed by atoms with Gasteiger partial charge >= 0.3 is 11.9 Å². The number of carboxylic acid groups (broad SMARTS) is 1. The number of carbonyl (C=O) groups excluding carboxylic acids is 3. The van der Waals surface area contributed by atoms with E-state index in [4.69, 9.17) is 18.9 Å². The van der Waals surface area contributed by atoms with Crippen LogP contribution in [0, 0.1) is 0 Å². The van der Waals surface area contributed by atoms with Gasteiger partial charge in [0, 0.05) is 12.8 Å². The van der Waals surface area contributed by atoms with Crippen LogP contribution < -0.4 is 5.11 Å². The fourth-order valence-electron chi connectivity index (χ4n) is 8.90. The van der Waals surface area contributed by atoms with E-state index in [-0.39, 0.29) is 32.2 Å². The van der Waals surface area contributed by atoms with Gasteiger partial charge in [-0.2, -0.15) is 0 Å². The zero-order chi connectivity index (χ0) is 52.7. The number of ether oxygens (including phenoxy) is 4. The highest BCUT2D eigenvalue weighted by atomic mass is 16.7. The molecular formula is C63H117NO8. The molecule has 0 bridgehead atoms. The minimum Gasteiger partial charge on any atom is -0.545 e. The second-order valence-corrected chi connectivity index (χ2v) is 22.0. The minimum atomic E-state index is -1.62. The Morgan fingerprint density at radius 2 is 0.750 bits per heavy atom. The molecule has 2 atom stereocenters. The molecule has 0 aliphatic heterocycles. The largest absolute Gasteiger partial charge is 0.545 e. The van der Waals surface area contributed by atoms with E-state index < -0.39 is 24.3 Å². The maximum Gasteiger partial charge on any atom is 0.306 e. The molecule has 0 N–H and O–H groups in total. The zero-order valence-electron chi connectivity index (χ0n) is 48.1. The van der Waals surface area contributed by atoms with E-state index in [2.05, 4.69) is 50.3 Å². The molecule has 0 spiro atoms. The fourth-order valence-corrected chi connectivity index (χ4v) is 8.90. The molecule has 9 heteroatoms. The highest BCUT2D eigenvalue weighted by Gasteiger charge is 2.22. The third kappa shape index (κ3) is 55.3. The fraction of sp³-hybridized carbons (Fsp3) is 0.857. The Morgan fingerprint density at radius 3 is 1.11 bits per heavy atom. The lowest BCUT2D eigenvalue weighted by Crippen LogP contribution is -2.44. The highest BCUT2D eigenvalue weighted by molar-refractivity contribution is 5.70. The average Bonchev–Trinajstić information content (AvgIpc) is 3.35. The Bertz CT molecular complexity index is 1270. The van der Waals surface area contributed by atoms with E-state index in [1.54, 1.807) is 0 Å². The molecule has 0 aliphatic carbocycles. The van der Waals surface area contributed by atoms with Gasteiger partial charge in [-0.3, -0.25) is 9.59 Å². The van der Waals surface area contributed by atoms with Gasteiger partial charge in [-0.05, 0) is 51.4 Å². The summed E-state index contributed by atoms with van der Waals surface area (Å²) in [7, 11) is 5.92. The molecule has 2 unspecified atom stereocenters. The number of hydrogen-bond acceptors (Lipinski definition) is 8. The van der Waals surface area contributed by atoms with Crippen molar-refractivity contribution in [3.05, 3.63) is 36.5 Å². The van der Waals surface area contributed by atoms with Gasteiger partial charge in [-0.25, -0.2) is 0 Å². The summed E-state index contributed by atoms with van der Waals surface area (Å²) >= 11 is 0. The van der Waals surface area contributed by atoms with Gasteiger partial charge in [0.15, 0.2) is 12.4 Å². The van der Waals surface area contributed by atoms with Gasteiger partial charge < -0.3 is 33.3 Å².